The third-order valence-corrected chi connectivity index (χ3v) is 5.22. The summed E-state index contributed by atoms with van der Waals surface area (Å²) in [5, 5.41) is 4.01. The fraction of sp³-hybridized carbons (Fsp3) is 0.600. The number of hydrogen-bond donors (Lipinski definition) is 3. The highest BCUT2D eigenvalue weighted by atomic mass is 32.2. The van der Waals surface area contributed by atoms with Crippen molar-refractivity contribution >= 4 is 35.3 Å². The van der Waals surface area contributed by atoms with E-state index in [0.717, 1.165) is 18.1 Å². The first-order chi connectivity index (χ1) is 8.28. The van der Waals surface area contributed by atoms with Gasteiger partial charge in [-0.25, -0.2) is 10.8 Å². The van der Waals surface area contributed by atoms with Crippen LogP contribution in [0.15, 0.2) is 6.07 Å². The fourth-order valence-electron chi connectivity index (χ4n) is 1.60. The smallest absolute Gasteiger partial charge is 0.239 e. The summed E-state index contributed by atoms with van der Waals surface area (Å²) < 4.78 is 0. The van der Waals surface area contributed by atoms with Gasteiger partial charge in [0, 0.05) is 40.8 Å². The molecule has 2 rings (SSSR count). The van der Waals surface area contributed by atoms with Crippen LogP contribution in [0.3, 0.4) is 0 Å². The number of nitrogens with two attached hydrogens (primary N) is 1. The lowest BCUT2D eigenvalue weighted by Crippen LogP contribution is -2.24. The molecule has 1 aromatic heterocycles. The van der Waals surface area contributed by atoms with E-state index in [1.54, 1.807) is 0 Å². The Kier molecular flexibility index (Phi) is 4.75. The molecule has 1 aliphatic rings. The minimum atomic E-state index is 0.457. The fourth-order valence-corrected chi connectivity index (χ4v) is 4.21. The molecule has 17 heavy (non-hydrogen) atoms. The van der Waals surface area contributed by atoms with Gasteiger partial charge < -0.3 is 5.32 Å². The summed E-state index contributed by atoms with van der Waals surface area (Å²) in [5.41, 5.74) is 3.38. The van der Waals surface area contributed by atoms with E-state index in [1.165, 1.54) is 17.3 Å². The minimum absolute atomic E-state index is 0.457. The lowest BCUT2D eigenvalue weighted by molar-refractivity contribution is 0.980. The van der Waals surface area contributed by atoms with Crippen molar-refractivity contribution in [3.05, 3.63) is 11.8 Å². The highest BCUT2D eigenvalue weighted by Crippen LogP contribution is 2.24. The van der Waals surface area contributed by atoms with Crippen molar-refractivity contribution in [2.24, 2.45) is 5.84 Å². The number of aromatic nitrogens is 2. The number of hydrazine groups is 1. The van der Waals surface area contributed by atoms with Crippen molar-refractivity contribution in [3.8, 4) is 0 Å². The number of nitrogens with zero attached hydrogens (tertiary/aromatic N) is 2. The van der Waals surface area contributed by atoms with Crippen LogP contribution in [0.4, 0.5) is 11.8 Å². The van der Waals surface area contributed by atoms with E-state index >= 15 is 0 Å². The zero-order valence-corrected chi connectivity index (χ0v) is 11.4. The molecule has 1 saturated heterocycles. The Morgan fingerprint density at radius 1 is 1.47 bits per heavy atom. The van der Waals surface area contributed by atoms with Crippen molar-refractivity contribution in [1.29, 1.82) is 0 Å². The van der Waals surface area contributed by atoms with Crippen LogP contribution in [-0.4, -0.2) is 39.0 Å². The Labute approximate surface area is 110 Å². The van der Waals surface area contributed by atoms with Gasteiger partial charge in [-0.2, -0.15) is 28.5 Å². The minimum Gasteiger partial charge on any atom is -0.369 e. The molecule has 0 radical (unpaired) electrons. The maximum Gasteiger partial charge on any atom is 0.239 e. The Bertz CT molecular complexity index is 368. The first-order valence-corrected chi connectivity index (χ1v) is 7.74. The molecule has 94 valence electrons. The molecule has 1 atom stereocenters. The standard InChI is InChI=1S/C10H17N5S2/c1-7-4-9(14-10(13-7)15-11)12-5-8-6-16-2-3-17-8/h4,8H,2-3,5-6,11H2,1H3,(H2,12,13,14,15). The summed E-state index contributed by atoms with van der Waals surface area (Å²) in [6, 6.07) is 1.93. The molecule has 0 aromatic carbocycles. The number of anilines is 2. The van der Waals surface area contributed by atoms with E-state index < -0.39 is 0 Å². The predicted octanol–water partition coefficient (Wildman–Crippen LogP) is 1.33. The van der Waals surface area contributed by atoms with Gasteiger partial charge in [0.2, 0.25) is 5.95 Å². The van der Waals surface area contributed by atoms with Gasteiger partial charge in [0.25, 0.3) is 0 Å². The van der Waals surface area contributed by atoms with Crippen LogP contribution in [-0.2, 0) is 0 Å². The molecule has 7 heteroatoms. The number of nitrogens with one attached hydrogen (secondary N) is 2. The van der Waals surface area contributed by atoms with Gasteiger partial charge in [-0.05, 0) is 6.92 Å². The molecule has 0 aliphatic carbocycles. The molecule has 1 aromatic rings. The van der Waals surface area contributed by atoms with Gasteiger partial charge >= 0.3 is 0 Å². The quantitative estimate of drug-likeness (QED) is 0.563. The molecular formula is C10H17N5S2. The molecule has 0 amide bonds. The van der Waals surface area contributed by atoms with Crippen molar-refractivity contribution in [1.82, 2.24) is 9.97 Å². The van der Waals surface area contributed by atoms with E-state index in [0.29, 0.717) is 11.2 Å². The molecule has 1 unspecified atom stereocenters. The molecule has 2 heterocycles. The van der Waals surface area contributed by atoms with Crippen molar-refractivity contribution in [2.75, 3.05) is 34.5 Å². The first kappa shape index (κ1) is 12.8. The zero-order valence-electron chi connectivity index (χ0n) is 9.77. The Balaban J connectivity index is 1.91. The number of hydrogen-bond acceptors (Lipinski definition) is 7. The van der Waals surface area contributed by atoms with Crippen LogP contribution in [0.5, 0.6) is 0 Å². The van der Waals surface area contributed by atoms with Crippen LogP contribution >= 0.6 is 23.5 Å². The van der Waals surface area contributed by atoms with Crippen molar-refractivity contribution in [3.63, 3.8) is 0 Å². The molecule has 0 saturated carbocycles. The Morgan fingerprint density at radius 2 is 2.35 bits per heavy atom. The summed E-state index contributed by atoms with van der Waals surface area (Å²) in [7, 11) is 0. The first-order valence-electron chi connectivity index (χ1n) is 5.53. The van der Waals surface area contributed by atoms with E-state index in [9.17, 15) is 0 Å². The normalized spacial score (nSPS) is 20.0. The van der Waals surface area contributed by atoms with Gasteiger partial charge in [-0.3, -0.25) is 5.43 Å². The van der Waals surface area contributed by atoms with Crippen LogP contribution in [0.25, 0.3) is 0 Å². The summed E-state index contributed by atoms with van der Waals surface area (Å²) >= 11 is 4.05. The monoisotopic (exact) mass is 271 g/mol. The lowest BCUT2D eigenvalue weighted by Gasteiger charge is -2.21. The third kappa shape index (κ3) is 3.93. The average molecular weight is 271 g/mol. The second-order valence-electron chi connectivity index (χ2n) is 3.81. The maximum absolute atomic E-state index is 5.32. The molecular weight excluding hydrogens is 254 g/mol. The van der Waals surface area contributed by atoms with Gasteiger partial charge in [0.05, 0.1) is 0 Å². The summed E-state index contributed by atoms with van der Waals surface area (Å²) in [4.78, 5) is 8.41. The highest BCUT2D eigenvalue weighted by molar-refractivity contribution is 8.06. The highest BCUT2D eigenvalue weighted by Gasteiger charge is 2.14. The molecule has 1 fully saturated rings. The van der Waals surface area contributed by atoms with Gasteiger partial charge in [-0.1, -0.05) is 0 Å². The van der Waals surface area contributed by atoms with Crippen LogP contribution in [0.2, 0.25) is 0 Å². The molecule has 1 aliphatic heterocycles. The largest absolute Gasteiger partial charge is 0.369 e. The Hall–Kier alpha value is -0.660. The van der Waals surface area contributed by atoms with E-state index in [4.69, 9.17) is 5.84 Å². The average Bonchev–Trinajstić information content (AvgIpc) is 2.37. The SMILES string of the molecule is Cc1cc(NCC2CSCCS2)nc(NN)n1. The lowest BCUT2D eigenvalue weighted by atomic mass is 10.4. The number of thioether (sulfide) groups is 2. The third-order valence-electron chi connectivity index (χ3n) is 2.38. The molecule has 0 spiro atoms. The Morgan fingerprint density at radius 3 is 3.06 bits per heavy atom. The molecule has 0 bridgehead atoms. The van der Waals surface area contributed by atoms with Crippen LogP contribution in [0.1, 0.15) is 5.69 Å². The molecule has 5 nitrogen and oxygen atoms in total. The topological polar surface area (TPSA) is 75.9 Å². The van der Waals surface area contributed by atoms with Gasteiger partial charge in [0.15, 0.2) is 0 Å². The summed E-state index contributed by atoms with van der Waals surface area (Å²) in [6.07, 6.45) is 0. The van der Waals surface area contributed by atoms with Crippen molar-refractivity contribution < 1.29 is 0 Å². The zero-order chi connectivity index (χ0) is 12.1. The predicted molar refractivity (Wildman–Crippen MR) is 76.6 cm³/mol. The van der Waals surface area contributed by atoms with E-state index in [2.05, 4.69) is 20.7 Å². The summed E-state index contributed by atoms with van der Waals surface area (Å²) in [5.74, 6) is 10.3. The van der Waals surface area contributed by atoms with Gasteiger partial charge in [-0.15, -0.1) is 0 Å². The number of rotatable bonds is 4. The molecule has 4 N–H and O–H groups in total. The number of aryl methyl sites for hydroxylation is 1. The second kappa shape index (κ2) is 6.32. The van der Waals surface area contributed by atoms with Crippen LogP contribution in [0, 0.1) is 6.92 Å². The van der Waals surface area contributed by atoms with E-state index in [1.807, 2.05) is 36.5 Å². The second-order valence-corrected chi connectivity index (χ2v) is 6.37. The maximum atomic E-state index is 5.32. The van der Waals surface area contributed by atoms with Crippen molar-refractivity contribution in [2.45, 2.75) is 12.2 Å². The number of nitrogen functional groups attached to an aromatic ring is 1. The van der Waals surface area contributed by atoms with E-state index in [-0.39, 0.29) is 0 Å². The summed E-state index contributed by atoms with van der Waals surface area (Å²) in [6.45, 7) is 2.87. The van der Waals surface area contributed by atoms with Crippen LogP contribution < -0.4 is 16.6 Å². The van der Waals surface area contributed by atoms with Gasteiger partial charge in [0.1, 0.15) is 5.82 Å².